The molecule has 0 aromatic heterocycles. The summed E-state index contributed by atoms with van der Waals surface area (Å²) in [6.45, 7) is 0.572. The first-order valence-corrected chi connectivity index (χ1v) is 7.73. The van der Waals surface area contributed by atoms with Gasteiger partial charge in [-0.1, -0.05) is 42.5 Å². The second-order valence-corrected chi connectivity index (χ2v) is 5.56. The van der Waals surface area contributed by atoms with Crippen molar-refractivity contribution in [1.82, 2.24) is 5.32 Å². The Bertz CT molecular complexity index is 668. The van der Waals surface area contributed by atoms with Crippen molar-refractivity contribution >= 4 is 11.9 Å². The summed E-state index contributed by atoms with van der Waals surface area (Å²) in [6, 6.07) is 16.4. The molecule has 0 aliphatic carbocycles. The maximum atomic E-state index is 12.2. The van der Waals surface area contributed by atoms with E-state index in [0.717, 1.165) is 11.1 Å². The van der Waals surface area contributed by atoms with Gasteiger partial charge in [-0.05, 0) is 29.7 Å². The number of benzene rings is 2. The van der Waals surface area contributed by atoms with Crippen LogP contribution in [-0.4, -0.2) is 30.6 Å². The summed E-state index contributed by atoms with van der Waals surface area (Å²) in [4.78, 5) is 23.6. The maximum Gasteiger partial charge on any atom is 0.308 e. The predicted molar refractivity (Wildman–Crippen MR) is 90.8 cm³/mol. The molecule has 1 atom stereocenters. The molecule has 24 heavy (non-hydrogen) atoms. The van der Waals surface area contributed by atoms with Gasteiger partial charge >= 0.3 is 5.97 Å². The van der Waals surface area contributed by atoms with E-state index in [1.54, 1.807) is 19.2 Å². The largest absolute Gasteiger partial charge is 0.481 e. The number of carbonyl (C=O) groups excluding carboxylic acids is 1. The first-order valence-electron chi connectivity index (χ1n) is 7.73. The van der Waals surface area contributed by atoms with Crippen molar-refractivity contribution in [3.8, 4) is 0 Å². The third kappa shape index (κ3) is 5.21. The van der Waals surface area contributed by atoms with Gasteiger partial charge in [-0.2, -0.15) is 0 Å². The van der Waals surface area contributed by atoms with E-state index in [0.29, 0.717) is 18.6 Å². The van der Waals surface area contributed by atoms with Crippen LogP contribution in [0.3, 0.4) is 0 Å². The van der Waals surface area contributed by atoms with Gasteiger partial charge in [0.1, 0.15) is 0 Å². The zero-order valence-corrected chi connectivity index (χ0v) is 13.6. The van der Waals surface area contributed by atoms with Gasteiger partial charge in [-0.3, -0.25) is 9.59 Å². The van der Waals surface area contributed by atoms with Gasteiger partial charge < -0.3 is 15.2 Å². The number of carbonyl (C=O) groups is 2. The molecule has 0 fully saturated rings. The number of aliphatic carboxylic acids is 1. The zero-order chi connectivity index (χ0) is 17.4. The third-order valence-electron chi connectivity index (χ3n) is 3.71. The number of hydrogen-bond donors (Lipinski definition) is 2. The Morgan fingerprint density at radius 2 is 1.71 bits per heavy atom. The third-order valence-corrected chi connectivity index (χ3v) is 3.71. The topological polar surface area (TPSA) is 75.6 Å². The highest BCUT2D eigenvalue weighted by Gasteiger charge is 2.19. The Kier molecular flexibility index (Phi) is 6.51. The standard InChI is InChI=1S/C19H21NO4/c1-24-13-15-7-9-16(10-8-15)18(21)20-12-17(19(22)23)11-14-5-3-2-4-6-14/h2-10,17H,11-13H2,1H3,(H,20,21)(H,22,23). The molecule has 0 saturated heterocycles. The normalized spacial score (nSPS) is 11.7. The van der Waals surface area contributed by atoms with E-state index in [-0.39, 0.29) is 12.5 Å². The highest BCUT2D eigenvalue weighted by molar-refractivity contribution is 5.94. The van der Waals surface area contributed by atoms with Crippen LogP contribution in [0.15, 0.2) is 54.6 Å². The van der Waals surface area contributed by atoms with Crippen LogP contribution in [0.25, 0.3) is 0 Å². The molecule has 0 aliphatic rings. The van der Waals surface area contributed by atoms with Gasteiger partial charge in [-0.15, -0.1) is 0 Å². The summed E-state index contributed by atoms with van der Waals surface area (Å²) in [5.41, 5.74) is 2.41. The minimum Gasteiger partial charge on any atom is -0.481 e. The summed E-state index contributed by atoms with van der Waals surface area (Å²) in [7, 11) is 1.61. The highest BCUT2D eigenvalue weighted by atomic mass is 16.5. The monoisotopic (exact) mass is 327 g/mol. The molecule has 1 amide bonds. The average Bonchev–Trinajstić information content (AvgIpc) is 2.60. The molecule has 126 valence electrons. The van der Waals surface area contributed by atoms with Crippen molar-refractivity contribution < 1.29 is 19.4 Å². The fourth-order valence-electron chi connectivity index (χ4n) is 2.38. The predicted octanol–water partition coefficient (Wildman–Crippen LogP) is 2.51. The van der Waals surface area contributed by atoms with E-state index in [4.69, 9.17) is 4.74 Å². The van der Waals surface area contributed by atoms with Crippen LogP contribution in [0.1, 0.15) is 21.5 Å². The SMILES string of the molecule is COCc1ccc(C(=O)NCC(Cc2ccccc2)C(=O)O)cc1. The van der Waals surface area contributed by atoms with Gasteiger partial charge in [0.2, 0.25) is 0 Å². The minimum absolute atomic E-state index is 0.0862. The van der Waals surface area contributed by atoms with E-state index in [2.05, 4.69) is 5.32 Å². The van der Waals surface area contributed by atoms with Crippen LogP contribution in [0, 0.1) is 5.92 Å². The second kappa shape index (κ2) is 8.84. The van der Waals surface area contributed by atoms with Gasteiger partial charge in [0.25, 0.3) is 5.91 Å². The maximum absolute atomic E-state index is 12.2. The zero-order valence-electron chi connectivity index (χ0n) is 13.6. The molecule has 0 saturated carbocycles. The summed E-state index contributed by atoms with van der Waals surface area (Å²) < 4.78 is 5.02. The van der Waals surface area contributed by atoms with Crippen LogP contribution in [0.5, 0.6) is 0 Å². The average molecular weight is 327 g/mol. The van der Waals surface area contributed by atoms with Crippen molar-refractivity contribution in [3.05, 3.63) is 71.3 Å². The fourth-order valence-corrected chi connectivity index (χ4v) is 2.38. The molecule has 1 unspecified atom stereocenters. The van der Waals surface area contributed by atoms with Crippen LogP contribution >= 0.6 is 0 Å². The number of hydrogen-bond acceptors (Lipinski definition) is 3. The van der Waals surface area contributed by atoms with Gasteiger partial charge in [0.15, 0.2) is 0 Å². The molecule has 5 heteroatoms. The molecule has 5 nitrogen and oxygen atoms in total. The Morgan fingerprint density at radius 1 is 1.04 bits per heavy atom. The lowest BCUT2D eigenvalue weighted by Crippen LogP contribution is -2.34. The molecule has 0 bridgehead atoms. The number of rotatable bonds is 8. The van der Waals surface area contributed by atoms with Crippen LogP contribution in [0.4, 0.5) is 0 Å². The summed E-state index contributed by atoms with van der Waals surface area (Å²) in [6.07, 6.45) is 0.378. The van der Waals surface area contributed by atoms with Gasteiger partial charge in [0, 0.05) is 19.2 Å². The van der Waals surface area contributed by atoms with E-state index < -0.39 is 11.9 Å². The highest BCUT2D eigenvalue weighted by Crippen LogP contribution is 2.10. The summed E-state index contributed by atoms with van der Waals surface area (Å²) in [5.74, 6) is -1.86. The number of carboxylic acids is 1. The van der Waals surface area contributed by atoms with Crippen molar-refractivity contribution in [2.45, 2.75) is 13.0 Å². The number of amides is 1. The molecule has 2 aromatic rings. The Labute approximate surface area is 141 Å². The number of carboxylic acid groups (broad SMARTS) is 1. The molecule has 0 radical (unpaired) electrons. The smallest absolute Gasteiger partial charge is 0.308 e. The molecule has 0 spiro atoms. The lowest BCUT2D eigenvalue weighted by atomic mass is 9.99. The molecule has 2 rings (SSSR count). The number of ether oxygens (including phenoxy) is 1. The molecular weight excluding hydrogens is 306 g/mol. The van der Waals surface area contributed by atoms with Crippen LogP contribution < -0.4 is 5.32 Å². The van der Waals surface area contributed by atoms with E-state index in [9.17, 15) is 14.7 Å². The molecule has 0 heterocycles. The molecular formula is C19H21NO4. The summed E-state index contributed by atoms with van der Waals surface area (Å²) in [5, 5.41) is 12.0. The molecule has 0 aliphatic heterocycles. The lowest BCUT2D eigenvalue weighted by molar-refractivity contribution is -0.141. The first-order chi connectivity index (χ1) is 11.6. The van der Waals surface area contributed by atoms with Crippen molar-refractivity contribution in [2.75, 3.05) is 13.7 Å². The Balaban J connectivity index is 1.93. The first kappa shape index (κ1) is 17.7. The van der Waals surface area contributed by atoms with E-state index in [1.807, 2.05) is 42.5 Å². The fraction of sp³-hybridized carbons (Fsp3) is 0.263. The minimum atomic E-state index is -0.922. The van der Waals surface area contributed by atoms with Crippen molar-refractivity contribution in [1.29, 1.82) is 0 Å². The van der Waals surface area contributed by atoms with Crippen LogP contribution in [0.2, 0.25) is 0 Å². The van der Waals surface area contributed by atoms with Crippen LogP contribution in [-0.2, 0) is 22.6 Å². The van der Waals surface area contributed by atoms with Gasteiger partial charge in [0.05, 0.1) is 12.5 Å². The number of methoxy groups -OCH3 is 1. The number of nitrogens with one attached hydrogen (secondary N) is 1. The van der Waals surface area contributed by atoms with Crippen molar-refractivity contribution in [3.63, 3.8) is 0 Å². The Morgan fingerprint density at radius 3 is 2.29 bits per heavy atom. The van der Waals surface area contributed by atoms with E-state index >= 15 is 0 Å². The quantitative estimate of drug-likeness (QED) is 0.781. The lowest BCUT2D eigenvalue weighted by Gasteiger charge is -2.14. The van der Waals surface area contributed by atoms with Crippen molar-refractivity contribution in [2.24, 2.45) is 5.92 Å². The molecule has 2 aromatic carbocycles. The summed E-state index contributed by atoms with van der Waals surface area (Å²) >= 11 is 0. The van der Waals surface area contributed by atoms with E-state index in [1.165, 1.54) is 0 Å². The molecule has 2 N–H and O–H groups in total. The van der Waals surface area contributed by atoms with Gasteiger partial charge in [-0.25, -0.2) is 0 Å². The second-order valence-electron chi connectivity index (χ2n) is 5.56. The Hall–Kier alpha value is -2.66.